The Labute approximate surface area is 108 Å². The normalized spacial score (nSPS) is 10.3. The Balaban J connectivity index is 2.42. The number of nitrogens with zero attached hydrogens (tertiary/aromatic N) is 1. The Morgan fingerprint density at radius 2 is 2.06 bits per heavy atom. The molecule has 4 heteroatoms. The highest BCUT2D eigenvalue weighted by molar-refractivity contribution is 6.17. The van der Waals surface area contributed by atoms with Crippen LogP contribution < -0.4 is 5.32 Å². The molecule has 0 saturated heterocycles. The molecule has 1 N–H and O–H groups in total. The van der Waals surface area contributed by atoms with Crippen LogP contribution in [-0.2, 0) is 0 Å². The van der Waals surface area contributed by atoms with Crippen LogP contribution in [0.15, 0.2) is 12.1 Å². The molecule has 94 valence electrons. The number of unbranched alkanes of at least 4 members (excludes halogenated alkanes) is 2. The predicted octanol–water partition coefficient (Wildman–Crippen LogP) is 2.84. The third-order valence-corrected chi connectivity index (χ3v) is 2.83. The Kier molecular flexibility index (Phi) is 5.98. The van der Waals surface area contributed by atoms with Crippen molar-refractivity contribution in [2.75, 3.05) is 12.4 Å². The first-order chi connectivity index (χ1) is 8.15. The van der Waals surface area contributed by atoms with Gasteiger partial charge < -0.3 is 5.32 Å². The first-order valence-corrected chi connectivity index (χ1v) is 6.47. The van der Waals surface area contributed by atoms with E-state index in [-0.39, 0.29) is 5.91 Å². The summed E-state index contributed by atoms with van der Waals surface area (Å²) in [6.07, 6.45) is 3.02. The number of aryl methyl sites for hydroxylation is 2. The highest BCUT2D eigenvalue weighted by Gasteiger charge is 2.08. The van der Waals surface area contributed by atoms with Crippen LogP contribution in [0.4, 0.5) is 0 Å². The molecule has 0 atom stereocenters. The maximum Gasteiger partial charge on any atom is 0.253 e. The Bertz CT molecular complexity index is 380. The van der Waals surface area contributed by atoms with Crippen molar-refractivity contribution in [2.45, 2.75) is 33.1 Å². The van der Waals surface area contributed by atoms with E-state index < -0.39 is 0 Å². The molecule has 0 saturated carbocycles. The van der Waals surface area contributed by atoms with Gasteiger partial charge in [0.05, 0.1) is 11.3 Å². The predicted molar refractivity (Wildman–Crippen MR) is 70.6 cm³/mol. The molecule has 17 heavy (non-hydrogen) atoms. The van der Waals surface area contributed by atoms with Crippen molar-refractivity contribution in [3.8, 4) is 0 Å². The van der Waals surface area contributed by atoms with E-state index in [9.17, 15) is 4.79 Å². The van der Waals surface area contributed by atoms with Gasteiger partial charge in [0.15, 0.2) is 0 Å². The molecule has 0 aliphatic heterocycles. The van der Waals surface area contributed by atoms with Gasteiger partial charge in [-0.1, -0.05) is 6.42 Å². The van der Waals surface area contributed by atoms with Crippen molar-refractivity contribution < 1.29 is 4.79 Å². The number of rotatable bonds is 6. The van der Waals surface area contributed by atoms with Gasteiger partial charge in [-0.15, -0.1) is 11.6 Å². The zero-order valence-electron chi connectivity index (χ0n) is 10.4. The monoisotopic (exact) mass is 254 g/mol. The molecule has 0 spiro atoms. The number of amides is 1. The van der Waals surface area contributed by atoms with Gasteiger partial charge in [0.25, 0.3) is 5.91 Å². The number of hydrogen-bond acceptors (Lipinski definition) is 2. The number of carbonyl (C=O) groups is 1. The maximum absolute atomic E-state index is 11.8. The van der Waals surface area contributed by atoms with Gasteiger partial charge >= 0.3 is 0 Å². The van der Waals surface area contributed by atoms with Gasteiger partial charge in [-0.05, 0) is 38.8 Å². The molecule has 1 aromatic rings. The van der Waals surface area contributed by atoms with Crippen molar-refractivity contribution in [3.63, 3.8) is 0 Å². The Morgan fingerprint density at radius 1 is 1.29 bits per heavy atom. The second-order valence-electron chi connectivity index (χ2n) is 4.09. The highest BCUT2D eigenvalue weighted by Crippen LogP contribution is 2.06. The number of alkyl halides is 1. The molecule has 1 rings (SSSR count). The van der Waals surface area contributed by atoms with Crippen LogP contribution in [0, 0.1) is 13.8 Å². The Hall–Kier alpha value is -1.09. The standard InChI is InChI=1S/C13H19ClN2O/c1-10-6-7-12(11(2)16-10)13(17)15-9-5-3-4-8-14/h6-7H,3-5,8-9H2,1-2H3,(H,15,17). The SMILES string of the molecule is Cc1ccc(C(=O)NCCCCCCl)c(C)n1. The van der Waals surface area contributed by atoms with E-state index in [0.717, 1.165) is 30.7 Å². The van der Waals surface area contributed by atoms with E-state index in [1.54, 1.807) is 0 Å². The molecular formula is C13H19ClN2O. The molecule has 0 aromatic carbocycles. The van der Waals surface area contributed by atoms with Crippen LogP contribution in [0.3, 0.4) is 0 Å². The van der Waals surface area contributed by atoms with E-state index in [4.69, 9.17) is 11.6 Å². The van der Waals surface area contributed by atoms with Crippen molar-refractivity contribution in [3.05, 3.63) is 29.1 Å². The largest absolute Gasteiger partial charge is 0.352 e. The molecule has 0 unspecified atom stereocenters. The second kappa shape index (κ2) is 7.28. The summed E-state index contributed by atoms with van der Waals surface area (Å²) in [5, 5.41) is 2.90. The fourth-order valence-corrected chi connectivity index (χ4v) is 1.81. The van der Waals surface area contributed by atoms with Crippen molar-refractivity contribution in [1.82, 2.24) is 10.3 Å². The fourth-order valence-electron chi connectivity index (χ4n) is 1.62. The van der Waals surface area contributed by atoms with Gasteiger partial charge in [0.1, 0.15) is 0 Å². The van der Waals surface area contributed by atoms with Gasteiger partial charge in [-0.3, -0.25) is 9.78 Å². The van der Waals surface area contributed by atoms with Crippen molar-refractivity contribution >= 4 is 17.5 Å². The van der Waals surface area contributed by atoms with E-state index >= 15 is 0 Å². The van der Waals surface area contributed by atoms with E-state index in [1.165, 1.54) is 0 Å². The summed E-state index contributed by atoms with van der Waals surface area (Å²) in [5.74, 6) is 0.649. The minimum absolute atomic E-state index is 0.0409. The quantitative estimate of drug-likeness (QED) is 0.627. The molecule has 0 radical (unpaired) electrons. The van der Waals surface area contributed by atoms with E-state index in [1.807, 2.05) is 26.0 Å². The summed E-state index contributed by atoms with van der Waals surface area (Å²) < 4.78 is 0. The van der Waals surface area contributed by atoms with Crippen molar-refractivity contribution in [1.29, 1.82) is 0 Å². The lowest BCUT2D eigenvalue weighted by Gasteiger charge is -2.07. The topological polar surface area (TPSA) is 42.0 Å². The summed E-state index contributed by atoms with van der Waals surface area (Å²) in [7, 11) is 0. The molecule has 0 aliphatic carbocycles. The van der Waals surface area contributed by atoms with Crippen LogP contribution in [0.1, 0.15) is 41.0 Å². The molecule has 1 amide bonds. The minimum atomic E-state index is -0.0409. The van der Waals surface area contributed by atoms with E-state index in [0.29, 0.717) is 18.0 Å². The average Bonchev–Trinajstić information content (AvgIpc) is 2.28. The molecule has 0 bridgehead atoms. The second-order valence-corrected chi connectivity index (χ2v) is 4.47. The zero-order chi connectivity index (χ0) is 12.7. The molecule has 3 nitrogen and oxygen atoms in total. The molecular weight excluding hydrogens is 236 g/mol. The first kappa shape index (κ1) is 14.0. The van der Waals surface area contributed by atoms with Gasteiger partial charge in [0, 0.05) is 18.1 Å². The zero-order valence-corrected chi connectivity index (χ0v) is 11.2. The molecule has 0 fully saturated rings. The van der Waals surface area contributed by atoms with Crippen LogP contribution in [-0.4, -0.2) is 23.3 Å². The first-order valence-electron chi connectivity index (χ1n) is 5.93. The van der Waals surface area contributed by atoms with Crippen molar-refractivity contribution in [2.24, 2.45) is 0 Å². The van der Waals surface area contributed by atoms with Gasteiger partial charge in [-0.25, -0.2) is 0 Å². The smallest absolute Gasteiger partial charge is 0.253 e. The summed E-state index contributed by atoms with van der Waals surface area (Å²) in [4.78, 5) is 16.1. The number of aromatic nitrogens is 1. The lowest BCUT2D eigenvalue weighted by atomic mass is 10.1. The van der Waals surface area contributed by atoms with Crippen LogP contribution in [0.5, 0.6) is 0 Å². The highest BCUT2D eigenvalue weighted by atomic mass is 35.5. The fraction of sp³-hybridized carbons (Fsp3) is 0.538. The third kappa shape index (κ3) is 4.73. The summed E-state index contributed by atoms with van der Waals surface area (Å²) in [5.41, 5.74) is 2.37. The summed E-state index contributed by atoms with van der Waals surface area (Å²) in [6, 6.07) is 3.68. The number of hydrogen-bond donors (Lipinski definition) is 1. The Morgan fingerprint density at radius 3 is 2.71 bits per heavy atom. The average molecular weight is 255 g/mol. The summed E-state index contributed by atoms with van der Waals surface area (Å²) >= 11 is 5.58. The third-order valence-electron chi connectivity index (χ3n) is 2.57. The molecule has 1 heterocycles. The number of halogens is 1. The summed E-state index contributed by atoms with van der Waals surface area (Å²) in [6.45, 7) is 4.47. The number of nitrogens with one attached hydrogen (secondary N) is 1. The minimum Gasteiger partial charge on any atom is -0.352 e. The van der Waals surface area contributed by atoms with Crippen LogP contribution in [0.2, 0.25) is 0 Å². The van der Waals surface area contributed by atoms with Gasteiger partial charge in [0.2, 0.25) is 0 Å². The number of carbonyl (C=O) groups excluding carboxylic acids is 1. The van der Waals surface area contributed by atoms with Crippen LogP contribution in [0.25, 0.3) is 0 Å². The van der Waals surface area contributed by atoms with E-state index in [2.05, 4.69) is 10.3 Å². The number of pyridine rings is 1. The lowest BCUT2D eigenvalue weighted by Crippen LogP contribution is -2.25. The lowest BCUT2D eigenvalue weighted by molar-refractivity contribution is 0.0952. The molecule has 0 aliphatic rings. The maximum atomic E-state index is 11.8. The van der Waals surface area contributed by atoms with Crippen LogP contribution >= 0.6 is 11.6 Å². The van der Waals surface area contributed by atoms with Gasteiger partial charge in [-0.2, -0.15) is 0 Å². The molecule has 1 aromatic heterocycles.